The molecule has 0 fully saturated rings. The molecule has 0 aliphatic carbocycles. The number of pyridine rings is 1. The van der Waals surface area contributed by atoms with E-state index in [0.717, 1.165) is 32.4 Å². The average Bonchev–Trinajstić information content (AvgIpc) is 3.71. The molecule has 0 saturated carbocycles. The Hall–Kier alpha value is -8.10. The second-order valence-electron chi connectivity index (χ2n) is 18.8. The van der Waals surface area contributed by atoms with Gasteiger partial charge in [0.25, 0.3) is 11.8 Å². The molecule has 75 heavy (non-hydrogen) atoms. The van der Waals surface area contributed by atoms with E-state index in [1.807, 2.05) is 53.4 Å². The summed E-state index contributed by atoms with van der Waals surface area (Å²) in [5.74, 6) is -2.54. The van der Waals surface area contributed by atoms with Crippen LogP contribution in [-0.2, 0) is 40.1 Å². The molecule has 21 nitrogen and oxygen atoms in total. The molecular formula is C54H71N11O10. The van der Waals surface area contributed by atoms with Crippen LogP contribution in [0.1, 0.15) is 71.3 Å². The molecule has 0 saturated heterocycles. The SMILES string of the molecule is CC(=N)N(CCNc1c2ccccc2nc2ccccc12)CCOC(=O)N(C)CCN(C)C(=O)OCc1ccc(NC(=O)[C@H](CCCNC(N)=O)CC(=O)[C@@H](NC(=O)CCCCCN2C(=O)C=CC2=O)C(C)C)cc1. The van der Waals surface area contributed by atoms with E-state index in [4.69, 9.17) is 25.6 Å². The zero-order chi connectivity index (χ0) is 54.4. The van der Waals surface area contributed by atoms with Gasteiger partial charge in [0.1, 0.15) is 13.2 Å². The van der Waals surface area contributed by atoms with Gasteiger partial charge in [-0.05, 0) is 68.4 Å². The lowest BCUT2D eigenvalue weighted by molar-refractivity contribution is -0.137. The van der Waals surface area contributed by atoms with Gasteiger partial charge in [0, 0.05) is 101 Å². The molecule has 0 bridgehead atoms. The standard InChI is InChI=1S/C54H71N11O10/c1-36(2)49(61-46(67)19-7-6-12-28-65-47(68)24-25-48(65)69)45(66)34-39(14-13-26-58-52(56)71)51(70)59-40-22-20-38(21-23-40)35-75-54(73)63(5)31-30-62(4)53(72)74-33-32-64(37(3)55)29-27-57-50-41-15-8-10-17-43(41)60-44-18-11-9-16-42(44)50/h8-11,15-18,20-25,36,39,49,55H,6-7,12-14,19,26-35H2,1-5H3,(H,57,60)(H,59,70)(H,61,67)(H3,56,58,71)/t39-,49+/m1/s1. The quantitative estimate of drug-likeness (QED) is 0.0119. The van der Waals surface area contributed by atoms with Crippen molar-refractivity contribution < 1.29 is 47.8 Å². The zero-order valence-corrected chi connectivity index (χ0v) is 43.5. The summed E-state index contributed by atoms with van der Waals surface area (Å²) in [4.78, 5) is 111. The largest absolute Gasteiger partial charge is 0.448 e. The molecule has 3 aromatic carbocycles. The number of fused-ring (bicyclic) bond motifs is 2. The van der Waals surface area contributed by atoms with E-state index in [9.17, 15) is 38.4 Å². The summed E-state index contributed by atoms with van der Waals surface area (Å²) in [7, 11) is 3.11. The van der Waals surface area contributed by atoms with Crippen LogP contribution in [0.4, 0.5) is 25.8 Å². The van der Waals surface area contributed by atoms with Crippen LogP contribution in [0.5, 0.6) is 0 Å². The Kier molecular flexibility index (Phi) is 22.3. The summed E-state index contributed by atoms with van der Waals surface area (Å²) in [6.07, 6.45) is 3.43. The Morgan fingerprint density at radius 3 is 1.97 bits per heavy atom. The van der Waals surface area contributed by atoms with Gasteiger partial charge >= 0.3 is 18.2 Å². The van der Waals surface area contributed by atoms with E-state index in [1.54, 1.807) is 59.1 Å². The van der Waals surface area contributed by atoms with Gasteiger partial charge in [0.2, 0.25) is 11.8 Å². The predicted molar refractivity (Wildman–Crippen MR) is 286 cm³/mol. The van der Waals surface area contributed by atoms with Crippen LogP contribution < -0.4 is 27.0 Å². The third-order valence-corrected chi connectivity index (χ3v) is 12.7. The van der Waals surface area contributed by atoms with Crippen molar-refractivity contribution in [1.29, 1.82) is 5.41 Å². The summed E-state index contributed by atoms with van der Waals surface area (Å²) in [6.45, 7) is 7.38. The molecule has 8 amide bonds. The number of Topliss-reactive ketones (excluding diaryl/α,β-unsaturated/α-hetero) is 1. The highest BCUT2D eigenvalue weighted by Crippen LogP contribution is 2.30. The van der Waals surface area contributed by atoms with Crippen molar-refractivity contribution in [3.8, 4) is 0 Å². The second kappa shape index (κ2) is 29.0. The maximum absolute atomic E-state index is 13.7. The van der Waals surface area contributed by atoms with E-state index >= 15 is 0 Å². The highest BCUT2D eigenvalue weighted by molar-refractivity contribution is 6.13. The number of nitrogens with two attached hydrogens (primary N) is 1. The summed E-state index contributed by atoms with van der Waals surface area (Å²) < 4.78 is 11.0. The zero-order valence-electron chi connectivity index (χ0n) is 43.5. The number of ether oxygens (including phenoxy) is 2. The number of benzene rings is 3. The lowest BCUT2D eigenvalue weighted by atomic mass is 9.89. The number of carbonyl (C=O) groups is 8. The first-order chi connectivity index (χ1) is 35.9. The summed E-state index contributed by atoms with van der Waals surface area (Å²) in [5.41, 5.74) is 9.02. The van der Waals surface area contributed by atoms with Crippen molar-refractivity contribution in [3.63, 3.8) is 0 Å². The Bertz CT molecular complexity index is 2620. The van der Waals surface area contributed by atoms with E-state index in [2.05, 4.69) is 21.3 Å². The predicted octanol–water partition coefficient (Wildman–Crippen LogP) is 6.02. The van der Waals surface area contributed by atoms with E-state index in [-0.39, 0.29) is 88.1 Å². The number of likely N-dealkylation sites (N-methyl/N-ethyl adjacent to an activating group) is 2. The molecule has 0 spiro atoms. The monoisotopic (exact) mass is 1030 g/mol. The average molecular weight is 1030 g/mol. The first kappa shape index (κ1) is 57.8. The van der Waals surface area contributed by atoms with Crippen molar-refractivity contribution in [2.75, 3.05) is 77.1 Å². The van der Waals surface area contributed by atoms with Crippen molar-refractivity contribution in [2.45, 2.75) is 78.4 Å². The molecule has 1 aliphatic rings. The first-order valence-corrected chi connectivity index (χ1v) is 25.3. The van der Waals surface area contributed by atoms with Crippen LogP contribution in [0, 0.1) is 17.2 Å². The Labute approximate surface area is 437 Å². The van der Waals surface area contributed by atoms with Crippen molar-refractivity contribution in [3.05, 3.63) is 90.5 Å². The van der Waals surface area contributed by atoms with Crippen molar-refractivity contribution in [1.82, 2.24) is 35.2 Å². The van der Waals surface area contributed by atoms with Crippen LogP contribution in [0.3, 0.4) is 0 Å². The molecule has 0 unspecified atom stereocenters. The number of amides is 8. The fourth-order valence-corrected chi connectivity index (χ4v) is 8.32. The van der Waals surface area contributed by atoms with E-state index < -0.39 is 36.1 Å². The third-order valence-electron chi connectivity index (χ3n) is 12.7. The van der Waals surface area contributed by atoms with Gasteiger partial charge in [-0.3, -0.25) is 34.3 Å². The molecule has 1 aromatic heterocycles. The van der Waals surface area contributed by atoms with Gasteiger partial charge in [-0.25, -0.2) is 19.4 Å². The minimum atomic E-state index is -0.853. The Morgan fingerprint density at radius 2 is 1.37 bits per heavy atom. The number of nitrogens with one attached hydrogen (secondary N) is 5. The second-order valence-corrected chi connectivity index (χ2v) is 18.8. The van der Waals surface area contributed by atoms with Crippen LogP contribution in [-0.4, -0.2) is 151 Å². The van der Waals surface area contributed by atoms with Gasteiger partial charge in [0.15, 0.2) is 5.78 Å². The normalized spacial score (nSPS) is 12.8. The van der Waals surface area contributed by atoms with Crippen LogP contribution in [0.2, 0.25) is 0 Å². The molecule has 0 radical (unpaired) electrons. The smallest absolute Gasteiger partial charge is 0.409 e. The molecule has 1 aliphatic heterocycles. The number of anilines is 2. The maximum Gasteiger partial charge on any atom is 0.409 e. The number of nitrogens with zero attached hydrogens (tertiary/aromatic N) is 5. The number of imide groups is 1. The fourth-order valence-electron chi connectivity index (χ4n) is 8.32. The Morgan fingerprint density at radius 1 is 0.760 bits per heavy atom. The highest BCUT2D eigenvalue weighted by atomic mass is 16.6. The lowest BCUT2D eigenvalue weighted by Crippen LogP contribution is -2.45. The van der Waals surface area contributed by atoms with Crippen LogP contribution in [0.25, 0.3) is 21.8 Å². The number of rotatable bonds is 29. The molecule has 2 heterocycles. The minimum absolute atomic E-state index is 0.0519. The number of hydrogen-bond donors (Lipinski definition) is 6. The Balaban J connectivity index is 1.02. The fraction of sp³-hybridized carbons (Fsp3) is 0.444. The molecule has 21 heteroatoms. The van der Waals surface area contributed by atoms with Gasteiger partial charge in [-0.2, -0.15) is 0 Å². The molecule has 402 valence electrons. The molecule has 7 N–H and O–H groups in total. The summed E-state index contributed by atoms with van der Waals surface area (Å²) >= 11 is 0. The summed E-state index contributed by atoms with van der Waals surface area (Å²) in [5, 5.41) is 22.0. The van der Waals surface area contributed by atoms with Gasteiger partial charge < -0.3 is 51.2 Å². The number of urea groups is 1. The van der Waals surface area contributed by atoms with Gasteiger partial charge in [-0.15, -0.1) is 0 Å². The van der Waals surface area contributed by atoms with Crippen LogP contribution >= 0.6 is 0 Å². The first-order valence-electron chi connectivity index (χ1n) is 25.3. The number of ketones is 1. The topological polar surface area (TPSA) is 279 Å². The minimum Gasteiger partial charge on any atom is -0.448 e. The third kappa shape index (κ3) is 18.1. The summed E-state index contributed by atoms with van der Waals surface area (Å²) in [6, 6.07) is 20.9. The van der Waals surface area contributed by atoms with Crippen molar-refractivity contribution >= 4 is 86.6 Å². The van der Waals surface area contributed by atoms with Crippen LogP contribution in [0.15, 0.2) is 84.9 Å². The van der Waals surface area contributed by atoms with Gasteiger partial charge in [0.05, 0.1) is 35.1 Å². The highest BCUT2D eigenvalue weighted by Gasteiger charge is 2.30. The van der Waals surface area contributed by atoms with Crippen molar-refractivity contribution in [2.24, 2.45) is 17.6 Å². The van der Waals surface area contributed by atoms with E-state index in [0.29, 0.717) is 62.4 Å². The molecular weight excluding hydrogens is 963 g/mol. The molecule has 5 rings (SSSR count). The number of unbranched alkanes of at least 4 members (excludes halogenated alkanes) is 2. The number of para-hydroxylation sites is 2. The number of amidine groups is 1. The number of hydrogen-bond acceptors (Lipinski definition) is 13. The number of aromatic nitrogens is 1. The maximum atomic E-state index is 13.7. The van der Waals surface area contributed by atoms with Gasteiger partial charge in [-0.1, -0.05) is 68.8 Å². The van der Waals surface area contributed by atoms with E-state index in [1.165, 1.54) is 22.0 Å². The molecule has 2 atom stereocenters. The molecule has 4 aromatic rings. The number of primary amides is 1. The number of carbonyl (C=O) groups excluding carboxylic acids is 8. The lowest BCUT2D eigenvalue weighted by Gasteiger charge is -2.25.